The molecule has 8 aromatic carbocycles. The second-order valence-corrected chi connectivity index (χ2v) is 68.4. The van der Waals surface area contributed by atoms with E-state index in [-0.39, 0.29) is 47.8 Å². The van der Waals surface area contributed by atoms with Crippen molar-refractivity contribution in [1.82, 2.24) is 0 Å². The van der Waals surface area contributed by atoms with Gasteiger partial charge in [-0.2, -0.15) is 34.6 Å². The Bertz CT molecular complexity index is 2370. The van der Waals surface area contributed by atoms with Crippen molar-refractivity contribution in [3.8, 4) is 0 Å². The summed E-state index contributed by atoms with van der Waals surface area (Å²) in [7, 11) is -9.87. The summed E-state index contributed by atoms with van der Waals surface area (Å²) in [5, 5.41) is 25.3. The van der Waals surface area contributed by atoms with Gasteiger partial charge in [0.1, 0.15) is 0 Å². The van der Waals surface area contributed by atoms with E-state index in [1.54, 1.807) is 41.5 Å². The van der Waals surface area contributed by atoms with E-state index in [0.717, 1.165) is 0 Å². The Kier molecular flexibility index (Phi) is 20.6. The molecule has 0 atom stereocenters. The van der Waals surface area contributed by atoms with Crippen molar-refractivity contribution >= 4 is 197 Å². The molecular formula is C60H92Si8Sn2. The van der Waals surface area contributed by atoms with Crippen molar-refractivity contribution in [1.29, 1.82) is 0 Å². The molecule has 10 heteroatoms. The Labute approximate surface area is 470 Å². The van der Waals surface area contributed by atoms with Crippen molar-refractivity contribution < 1.29 is 0 Å². The molecule has 372 valence electrons. The predicted molar refractivity (Wildman–Crippen MR) is 354 cm³/mol. The Morgan fingerprint density at radius 1 is 0.286 bits per heavy atom. The van der Waals surface area contributed by atoms with E-state index in [9.17, 15) is 0 Å². The van der Waals surface area contributed by atoms with E-state index >= 15 is 0 Å². The molecule has 70 heavy (non-hydrogen) atoms. The minimum absolute atomic E-state index is 0. The fraction of sp³-hybridized carbons (Fsp3) is 0.400. The van der Waals surface area contributed by atoms with E-state index in [4.69, 9.17) is 0 Å². The van der Waals surface area contributed by atoms with Crippen LogP contribution in [0.25, 0.3) is 43.1 Å². The Hall–Kier alpha value is -1.35. The van der Waals surface area contributed by atoms with Crippen LogP contribution < -0.4 is 41.5 Å². The third-order valence-electron chi connectivity index (χ3n) is 13.6. The number of fused-ring (bicyclic) bond motifs is 4. The molecule has 0 fully saturated rings. The Morgan fingerprint density at radius 2 is 0.543 bits per heavy atom. The van der Waals surface area contributed by atoms with Gasteiger partial charge in [-0.05, 0) is 0 Å². The van der Waals surface area contributed by atoms with Gasteiger partial charge in [0.05, 0.1) is 16.1 Å². The molecule has 8 aromatic rings. The summed E-state index contributed by atoms with van der Waals surface area (Å²) in [6.07, 6.45) is 0. The molecule has 0 aliphatic rings. The molecule has 4 radical (unpaired) electrons. The van der Waals surface area contributed by atoms with Crippen molar-refractivity contribution in [2.45, 2.75) is 157 Å². The Balaban J connectivity index is 0.000000245. The third kappa shape index (κ3) is 14.9. The van der Waals surface area contributed by atoms with Crippen LogP contribution in [0.1, 0.15) is 0 Å². The largest absolute Gasteiger partial charge is 2.00 e. The summed E-state index contributed by atoms with van der Waals surface area (Å²) in [6, 6.07) is 46.1. The first kappa shape index (κ1) is 62.9. The fourth-order valence-electron chi connectivity index (χ4n) is 9.97. The summed E-state index contributed by atoms with van der Waals surface area (Å²) in [5.41, 5.74) is 0. The van der Waals surface area contributed by atoms with Crippen molar-refractivity contribution in [3.05, 3.63) is 121 Å². The molecule has 0 aromatic heterocycles. The number of hydrogen-bond donors (Lipinski definition) is 0. The summed E-state index contributed by atoms with van der Waals surface area (Å²) in [4.78, 5) is 0. The molecule has 0 spiro atoms. The molecule has 8 rings (SSSR count). The van der Waals surface area contributed by atoms with Crippen LogP contribution in [0.2, 0.25) is 157 Å². The van der Waals surface area contributed by atoms with Crippen LogP contribution in [0.4, 0.5) is 0 Å². The van der Waals surface area contributed by atoms with Crippen LogP contribution in [-0.4, -0.2) is 112 Å². The van der Waals surface area contributed by atoms with Crippen molar-refractivity contribution in [3.63, 3.8) is 0 Å². The molecule has 0 aliphatic carbocycles. The summed E-state index contributed by atoms with van der Waals surface area (Å²) < 4.78 is 0. The van der Waals surface area contributed by atoms with Gasteiger partial charge in [0.2, 0.25) is 0 Å². The maximum Gasteiger partial charge on any atom is 2.00 e. The second-order valence-electron chi connectivity index (χ2n) is 28.1. The minimum atomic E-state index is -1.23. The van der Waals surface area contributed by atoms with Gasteiger partial charge in [0.25, 0.3) is 0 Å². The van der Waals surface area contributed by atoms with Crippen LogP contribution in [0.3, 0.4) is 0 Å². The van der Waals surface area contributed by atoms with E-state index in [1.807, 2.05) is 0 Å². The van der Waals surface area contributed by atoms with Gasteiger partial charge in [-0.15, -0.1) is 148 Å². The quantitative estimate of drug-likeness (QED) is 0.105. The van der Waals surface area contributed by atoms with Crippen LogP contribution in [0.15, 0.2) is 121 Å². The number of hydrogen-bond acceptors (Lipinski definition) is 0. The molecule has 0 amide bonds. The predicted octanol–water partition coefficient (Wildman–Crippen LogP) is 13.8. The van der Waals surface area contributed by atoms with E-state index < -0.39 is 64.6 Å². The van der Waals surface area contributed by atoms with Gasteiger partial charge in [-0.1, -0.05) is 180 Å². The van der Waals surface area contributed by atoms with Gasteiger partial charge in [-0.3, -0.25) is 0 Å². The van der Waals surface area contributed by atoms with Gasteiger partial charge < -0.3 is 0 Å². The number of rotatable bonds is 8. The Morgan fingerprint density at radius 3 is 0.800 bits per heavy atom. The van der Waals surface area contributed by atoms with E-state index in [2.05, 4.69) is 278 Å². The smallest absolute Gasteiger partial charge is 0.157 e. The topological polar surface area (TPSA) is 0 Å². The standard InChI is InChI=1S/4C15H23Si2.2Sn/c4*1-16(2,3)14-11-15(17(4,5)6)13-10-8-7-9-12(13)14;;/h4*7-11H,1-6H3;;/q4*-1;2*+2. The van der Waals surface area contributed by atoms with Crippen LogP contribution in [-0.2, 0) is 0 Å². The average Bonchev–Trinajstić information content (AvgIpc) is 3.97. The monoisotopic (exact) mass is 1280 g/mol. The second kappa shape index (κ2) is 22.9. The van der Waals surface area contributed by atoms with Gasteiger partial charge >= 0.3 is 47.8 Å². The van der Waals surface area contributed by atoms with Gasteiger partial charge in [0.15, 0.2) is 0 Å². The molecule has 0 aliphatic heterocycles. The molecule has 0 saturated carbocycles. The molecule has 0 N–H and O–H groups in total. The SMILES string of the molecule is C[Si](C)(C)c1c[c-]([Si](C)(C)C)c2ccccc12.C[Si](C)(C)c1c[c-]([Si](C)(C)C)c2ccccc12.C[Si](C)(C)c1cc([Si](C)(C)C)[c-]2ccccc12.C[Si](C)(C)c1cc([Si](C)(C)C)[c-]2ccccc12.[Sn+2].[Sn+2]. The summed E-state index contributed by atoms with van der Waals surface area (Å²) in [6.45, 7) is 58.7. The van der Waals surface area contributed by atoms with E-state index in [1.165, 1.54) is 43.1 Å². The van der Waals surface area contributed by atoms with Crippen LogP contribution in [0, 0.1) is 0 Å². The first-order valence-corrected chi connectivity index (χ1v) is 53.6. The minimum Gasteiger partial charge on any atom is -0.157 e. The zero-order valence-electron chi connectivity index (χ0n) is 48.5. The normalized spacial score (nSPS) is 12.9. The summed E-state index contributed by atoms with van der Waals surface area (Å²) in [5.74, 6) is 0. The fourth-order valence-corrected chi connectivity index (χ4v) is 23.4. The van der Waals surface area contributed by atoms with Crippen LogP contribution in [0.5, 0.6) is 0 Å². The zero-order chi connectivity index (χ0) is 51.4. The molecule has 0 nitrogen and oxygen atoms in total. The van der Waals surface area contributed by atoms with Crippen molar-refractivity contribution in [2.75, 3.05) is 0 Å². The molecule has 0 bridgehead atoms. The first-order valence-electron chi connectivity index (χ1n) is 25.6. The zero-order valence-corrected chi connectivity index (χ0v) is 62.3. The van der Waals surface area contributed by atoms with Crippen molar-refractivity contribution in [2.24, 2.45) is 0 Å². The maximum absolute atomic E-state index is 2.53. The molecular weight excluding hydrogens is 1180 g/mol. The summed E-state index contributed by atoms with van der Waals surface area (Å²) >= 11 is 0. The van der Waals surface area contributed by atoms with E-state index in [0.29, 0.717) is 0 Å². The third-order valence-corrected chi connectivity index (χ3v) is 29.9. The molecule has 0 saturated heterocycles. The maximum atomic E-state index is 2.53. The molecule has 0 heterocycles. The number of benzene rings is 4. The first-order chi connectivity index (χ1) is 30.8. The van der Waals surface area contributed by atoms with Gasteiger partial charge in [-0.25, -0.2) is 0 Å². The average molecular weight is 1280 g/mol. The molecule has 0 unspecified atom stereocenters. The van der Waals surface area contributed by atoms with Crippen LogP contribution >= 0.6 is 0 Å². The van der Waals surface area contributed by atoms with Gasteiger partial charge in [0, 0.05) is 48.4 Å².